The molecule has 1 aromatic carbocycles. The number of aromatic nitrogens is 1. The van der Waals surface area contributed by atoms with Gasteiger partial charge in [0.25, 0.3) is 0 Å². The molecule has 2 aromatic rings. The molecule has 0 saturated carbocycles. The summed E-state index contributed by atoms with van der Waals surface area (Å²) in [4.78, 5) is 6.18. The van der Waals surface area contributed by atoms with Gasteiger partial charge in [0.05, 0.1) is 6.04 Å². The number of ether oxygens (including phenoxy) is 1. The summed E-state index contributed by atoms with van der Waals surface area (Å²) in [6.45, 7) is 0.684. The number of halogens is 1. The van der Waals surface area contributed by atoms with Gasteiger partial charge in [-0.05, 0) is 49.2 Å². The van der Waals surface area contributed by atoms with Crippen LogP contribution >= 0.6 is 0 Å². The molecule has 1 aromatic heterocycles. The SMILES string of the molecule is CN(C)c1ccc(S(=O)(=O)N2CCCC2COc2ccc(F)cc2)cn1. The van der Waals surface area contributed by atoms with Gasteiger partial charge in [0.15, 0.2) is 0 Å². The van der Waals surface area contributed by atoms with E-state index in [-0.39, 0.29) is 23.4 Å². The van der Waals surface area contributed by atoms with Crippen molar-refractivity contribution in [1.29, 1.82) is 0 Å². The number of benzene rings is 1. The van der Waals surface area contributed by atoms with Crippen molar-refractivity contribution in [3.63, 3.8) is 0 Å². The quantitative estimate of drug-likeness (QED) is 0.772. The molecule has 0 amide bonds. The van der Waals surface area contributed by atoms with Gasteiger partial charge < -0.3 is 9.64 Å². The Morgan fingerprint density at radius 3 is 2.58 bits per heavy atom. The Hall–Kier alpha value is -2.19. The Morgan fingerprint density at radius 1 is 1.23 bits per heavy atom. The summed E-state index contributed by atoms with van der Waals surface area (Å²) in [6, 6.07) is 8.71. The molecule has 1 unspecified atom stereocenters. The standard InChI is InChI=1S/C18H22FN3O3S/c1-21(2)18-10-9-17(12-20-18)26(23,24)22-11-3-4-15(22)13-25-16-7-5-14(19)6-8-16/h5-10,12,15H,3-4,11,13H2,1-2H3. The molecule has 2 heterocycles. The summed E-state index contributed by atoms with van der Waals surface area (Å²) in [6.07, 6.45) is 2.89. The van der Waals surface area contributed by atoms with E-state index < -0.39 is 10.0 Å². The fourth-order valence-electron chi connectivity index (χ4n) is 2.94. The Balaban J connectivity index is 1.72. The van der Waals surface area contributed by atoms with Crippen molar-refractivity contribution < 1.29 is 17.5 Å². The van der Waals surface area contributed by atoms with Crippen molar-refractivity contribution in [2.45, 2.75) is 23.8 Å². The molecular weight excluding hydrogens is 357 g/mol. The number of rotatable bonds is 6. The number of nitrogens with zero attached hydrogens (tertiary/aromatic N) is 3. The van der Waals surface area contributed by atoms with E-state index in [0.29, 0.717) is 18.1 Å². The predicted molar refractivity (Wildman–Crippen MR) is 97.4 cm³/mol. The summed E-state index contributed by atoms with van der Waals surface area (Å²) in [5, 5.41) is 0. The third kappa shape index (κ3) is 3.96. The van der Waals surface area contributed by atoms with E-state index in [1.807, 2.05) is 19.0 Å². The van der Waals surface area contributed by atoms with Gasteiger partial charge in [-0.25, -0.2) is 17.8 Å². The summed E-state index contributed by atoms with van der Waals surface area (Å²) >= 11 is 0. The van der Waals surface area contributed by atoms with Crippen LogP contribution in [0.15, 0.2) is 47.5 Å². The Morgan fingerprint density at radius 2 is 1.96 bits per heavy atom. The second-order valence-electron chi connectivity index (χ2n) is 6.42. The fourth-order valence-corrected chi connectivity index (χ4v) is 4.57. The molecule has 3 rings (SSSR count). The molecule has 1 atom stereocenters. The maximum absolute atomic E-state index is 13.0. The van der Waals surface area contributed by atoms with Crippen LogP contribution in [0.3, 0.4) is 0 Å². The number of hydrogen-bond acceptors (Lipinski definition) is 5. The minimum absolute atomic E-state index is 0.178. The van der Waals surface area contributed by atoms with Gasteiger partial charge in [0, 0.05) is 26.8 Å². The largest absolute Gasteiger partial charge is 0.492 e. The molecule has 0 spiro atoms. The van der Waals surface area contributed by atoms with Gasteiger partial charge in [0.2, 0.25) is 10.0 Å². The molecule has 1 saturated heterocycles. The molecule has 0 radical (unpaired) electrons. The third-order valence-corrected chi connectivity index (χ3v) is 6.30. The highest BCUT2D eigenvalue weighted by Crippen LogP contribution is 2.27. The van der Waals surface area contributed by atoms with Crippen molar-refractivity contribution >= 4 is 15.8 Å². The number of pyridine rings is 1. The molecule has 6 nitrogen and oxygen atoms in total. The average Bonchev–Trinajstić information content (AvgIpc) is 3.11. The van der Waals surface area contributed by atoms with Crippen LogP contribution in [0.4, 0.5) is 10.2 Å². The van der Waals surface area contributed by atoms with Crippen LogP contribution < -0.4 is 9.64 Å². The Labute approximate surface area is 153 Å². The van der Waals surface area contributed by atoms with Crippen LogP contribution in [0, 0.1) is 5.82 Å². The molecule has 26 heavy (non-hydrogen) atoms. The van der Waals surface area contributed by atoms with E-state index in [1.165, 1.54) is 34.8 Å². The summed E-state index contributed by atoms with van der Waals surface area (Å²) in [7, 11) is 0.0649. The minimum atomic E-state index is -3.63. The highest BCUT2D eigenvalue weighted by Gasteiger charge is 2.36. The lowest BCUT2D eigenvalue weighted by atomic mass is 10.2. The molecule has 0 aliphatic carbocycles. The zero-order chi connectivity index (χ0) is 18.7. The van der Waals surface area contributed by atoms with E-state index in [0.717, 1.165) is 12.8 Å². The van der Waals surface area contributed by atoms with Gasteiger partial charge in [0.1, 0.15) is 28.9 Å². The lowest BCUT2D eigenvalue weighted by Gasteiger charge is -2.24. The zero-order valence-corrected chi connectivity index (χ0v) is 15.6. The van der Waals surface area contributed by atoms with Crippen molar-refractivity contribution in [2.75, 3.05) is 32.1 Å². The summed E-state index contributed by atoms with van der Waals surface area (Å²) in [5.74, 6) is 0.880. The highest BCUT2D eigenvalue weighted by atomic mass is 32.2. The molecule has 0 N–H and O–H groups in total. The van der Waals surface area contributed by atoms with Gasteiger partial charge in [-0.15, -0.1) is 0 Å². The second kappa shape index (κ2) is 7.59. The first-order chi connectivity index (χ1) is 12.4. The van der Waals surface area contributed by atoms with Gasteiger partial charge in [-0.1, -0.05) is 0 Å². The lowest BCUT2D eigenvalue weighted by molar-refractivity contribution is 0.232. The summed E-state index contributed by atoms with van der Waals surface area (Å²) < 4.78 is 46.0. The predicted octanol–water partition coefficient (Wildman–Crippen LogP) is 2.52. The van der Waals surface area contributed by atoms with E-state index in [1.54, 1.807) is 12.1 Å². The van der Waals surface area contributed by atoms with Gasteiger partial charge in [-0.2, -0.15) is 4.31 Å². The third-order valence-electron chi connectivity index (χ3n) is 4.36. The second-order valence-corrected chi connectivity index (χ2v) is 8.31. The fraction of sp³-hybridized carbons (Fsp3) is 0.389. The first-order valence-corrected chi connectivity index (χ1v) is 9.85. The molecular formula is C18H22FN3O3S. The number of sulfonamides is 1. The molecule has 1 fully saturated rings. The molecule has 1 aliphatic rings. The zero-order valence-electron chi connectivity index (χ0n) is 14.8. The van der Waals surface area contributed by atoms with Crippen molar-refractivity contribution in [3.05, 3.63) is 48.4 Å². The number of hydrogen-bond donors (Lipinski definition) is 0. The van der Waals surface area contributed by atoms with Crippen molar-refractivity contribution in [3.8, 4) is 5.75 Å². The van der Waals surface area contributed by atoms with Gasteiger partial charge >= 0.3 is 0 Å². The first-order valence-electron chi connectivity index (χ1n) is 8.41. The molecule has 0 bridgehead atoms. The van der Waals surface area contributed by atoms with Crippen LogP contribution in [-0.2, 0) is 10.0 Å². The smallest absolute Gasteiger partial charge is 0.244 e. The number of anilines is 1. The van der Waals surface area contributed by atoms with Gasteiger partial charge in [-0.3, -0.25) is 0 Å². The van der Waals surface area contributed by atoms with Crippen LogP contribution in [0.25, 0.3) is 0 Å². The summed E-state index contributed by atoms with van der Waals surface area (Å²) in [5.41, 5.74) is 0. The highest BCUT2D eigenvalue weighted by molar-refractivity contribution is 7.89. The average molecular weight is 379 g/mol. The molecule has 140 valence electrons. The van der Waals surface area contributed by atoms with Crippen LogP contribution in [0.1, 0.15) is 12.8 Å². The first kappa shape index (κ1) is 18.6. The maximum atomic E-state index is 13.0. The van der Waals surface area contributed by atoms with Crippen LogP contribution in [0.5, 0.6) is 5.75 Å². The van der Waals surface area contributed by atoms with E-state index in [9.17, 15) is 12.8 Å². The molecule has 8 heteroatoms. The van der Waals surface area contributed by atoms with Crippen LogP contribution in [-0.4, -0.2) is 51.0 Å². The minimum Gasteiger partial charge on any atom is -0.492 e. The normalized spacial score (nSPS) is 18.0. The van der Waals surface area contributed by atoms with Crippen LogP contribution in [0.2, 0.25) is 0 Å². The van der Waals surface area contributed by atoms with E-state index in [2.05, 4.69) is 4.98 Å². The van der Waals surface area contributed by atoms with Crippen molar-refractivity contribution in [2.24, 2.45) is 0 Å². The topological polar surface area (TPSA) is 62.7 Å². The van der Waals surface area contributed by atoms with E-state index >= 15 is 0 Å². The van der Waals surface area contributed by atoms with E-state index in [4.69, 9.17) is 4.74 Å². The Kier molecular flexibility index (Phi) is 5.43. The molecule has 1 aliphatic heterocycles. The lowest BCUT2D eigenvalue weighted by Crippen LogP contribution is -2.39. The Bertz CT molecular complexity index is 839. The van der Waals surface area contributed by atoms with Crippen molar-refractivity contribution in [1.82, 2.24) is 9.29 Å². The maximum Gasteiger partial charge on any atom is 0.244 e. The monoisotopic (exact) mass is 379 g/mol.